The van der Waals surface area contributed by atoms with E-state index >= 15 is 0 Å². The van der Waals surface area contributed by atoms with E-state index in [1.165, 1.54) is 18.2 Å². The molecule has 2 aromatic carbocycles. The van der Waals surface area contributed by atoms with E-state index in [0.717, 1.165) is 23.7 Å². The second-order valence-electron chi connectivity index (χ2n) is 6.43. The zero-order valence-corrected chi connectivity index (χ0v) is 14.1. The number of amides is 2. The average molecular weight is 351 g/mol. The highest BCUT2D eigenvalue weighted by atomic mass is 19.1. The topological polar surface area (TPSA) is 65.2 Å². The van der Waals surface area contributed by atoms with Gasteiger partial charge in [0.15, 0.2) is 0 Å². The van der Waals surface area contributed by atoms with Gasteiger partial charge in [0, 0.05) is 36.1 Å². The van der Waals surface area contributed by atoms with E-state index < -0.39 is 5.82 Å². The molecule has 0 aliphatic carbocycles. The molecule has 0 spiro atoms. The fourth-order valence-corrected chi connectivity index (χ4v) is 3.25. The molecule has 2 N–H and O–H groups in total. The minimum absolute atomic E-state index is 0.00970. The lowest BCUT2D eigenvalue weighted by atomic mass is 10.1. The number of hydrogen-bond donors (Lipinski definition) is 2. The third kappa shape index (κ3) is 3.06. The summed E-state index contributed by atoms with van der Waals surface area (Å²) in [5.41, 5.74) is 1.73. The number of H-pyrrole nitrogens is 1. The Labute approximate surface area is 149 Å². The number of carbonyl (C=O) groups is 2. The van der Waals surface area contributed by atoms with Crippen LogP contribution in [0.2, 0.25) is 0 Å². The lowest BCUT2D eigenvalue weighted by Gasteiger charge is -2.16. The van der Waals surface area contributed by atoms with Gasteiger partial charge in [-0.25, -0.2) is 4.39 Å². The second-order valence-corrected chi connectivity index (χ2v) is 6.43. The highest BCUT2D eigenvalue weighted by Gasteiger charge is 2.22. The van der Waals surface area contributed by atoms with Crippen molar-refractivity contribution in [3.05, 3.63) is 65.6 Å². The predicted molar refractivity (Wildman–Crippen MR) is 97.8 cm³/mol. The van der Waals surface area contributed by atoms with Crippen LogP contribution in [-0.4, -0.2) is 34.8 Å². The summed E-state index contributed by atoms with van der Waals surface area (Å²) in [6, 6.07) is 11.3. The summed E-state index contributed by atoms with van der Waals surface area (Å²) in [7, 11) is 0. The van der Waals surface area contributed by atoms with Crippen LogP contribution < -0.4 is 5.32 Å². The Morgan fingerprint density at radius 3 is 2.65 bits per heavy atom. The summed E-state index contributed by atoms with van der Waals surface area (Å²) in [4.78, 5) is 29.7. The molecule has 2 amide bonds. The highest BCUT2D eigenvalue weighted by molar-refractivity contribution is 6.06. The average Bonchev–Trinajstić information content (AvgIpc) is 3.33. The van der Waals surface area contributed by atoms with Crippen molar-refractivity contribution in [2.24, 2.45) is 0 Å². The molecular formula is C20H18FN3O2. The van der Waals surface area contributed by atoms with Crippen LogP contribution in [0, 0.1) is 5.82 Å². The molecule has 1 fully saturated rings. The Morgan fingerprint density at radius 1 is 1.04 bits per heavy atom. The van der Waals surface area contributed by atoms with Gasteiger partial charge >= 0.3 is 0 Å². The number of fused-ring (bicyclic) bond motifs is 1. The summed E-state index contributed by atoms with van der Waals surface area (Å²) in [6.07, 6.45) is 3.68. The van der Waals surface area contributed by atoms with E-state index in [-0.39, 0.29) is 17.4 Å². The summed E-state index contributed by atoms with van der Waals surface area (Å²) >= 11 is 0. The molecule has 6 heteroatoms. The van der Waals surface area contributed by atoms with E-state index in [9.17, 15) is 14.0 Å². The maximum atomic E-state index is 14.1. The number of halogens is 1. The number of likely N-dealkylation sites (tertiary alicyclic amines) is 1. The molecule has 26 heavy (non-hydrogen) atoms. The van der Waals surface area contributed by atoms with Crippen LogP contribution in [0.5, 0.6) is 0 Å². The van der Waals surface area contributed by atoms with Gasteiger partial charge in [0.25, 0.3) is 11.8 Å². The van der Waals surface area contributed by atoms with Crippen molar-refractivity contribution in [3.63, 3.8) is 0 Å². The molecule has 1 aliphatic heterocycles. The first-order valence-electron chi connectivity index (χ1n) is 8.59. The summed E-state index contributed by atoms with van der Waals surface area (Å²) < 4.78 is 14.1. The standard InChI is InChI=1S/C20H18FN3O2/c21-17-6-5-15(12-16(17)20(26)24-9-1-2-10-24)23-19(25)14-4-3-13-7-8-22-18(13)11-14/h3-8,11-12,22H,1-2,9-10H2,(H,23,25). The molecule has 1 aliphatic rings. The number of aromatic amines is 1. The van der Waals surface area contributed by atoms with Crippen molar-refractivity contribution in [1.82, 2.24) is 9.88 Å². The predicted octanol–water partition coefficient (Wildman–Crippen LogP) is 3.80. The normalized spacial score (nSPS) is 14.0. The minimum Gasteiger partial charge on any atom is -0.361 e. The molecule has 0 atom stereocenters. The lowest BCUT2D eigenvalue weighted by Crippen LogP contribution is -2.28. The maximum Gasteiger partial charge on any atom is 0.256 e. The number of rotatable bonds is 3. The largest absolute Gasteiger partial charge is 0.361 e. The quantitative estimate of drug-likeness (QED) is 0.754. The number of nitrogens with zero attached hydrogens (tertiary/aromatic N) is 1. The zero-order chi connectivity index (χ0) is 18.1. The molecule has 132 valence electrons. The van der Waals surface area contributed by atoms with Crippen molar-refractivity contribution < 1.29 is 14.0 Å². The van der Waals surface area contributed by atoms with E-state index in [0.29, 0.717) is 24.3 Å². The molecule has 0 bridgehead atoms. The van der Waals surface area contributed by atoms with E-state index in [1.54, 1.807) is 17.0 Å². The summed E-state index contributed by atoms with van der Waals surface area (Å²) in [6.45, 7) is 1.29. The van der Waals surface area contributed by atoms with E-state index in [2.05, 4.69) is 10.3 Å². The lowest BCUT2D eigenvalue weighted by molar-refractivity contribution is 0.0788. The van der Waals surface area contributed by atoms with Gasteiger partial charge in [-0.05, 0) is 54.6 Å². The fraction of sp³-hybridized carbons (Fsp3) is 0.200. The first-order chi connectivity index (χ1) is 12.6. The minimum atomic E-state index is -0.576. The molecule has 1 saturated heterocycles. The van der Waals surface area contributed by atoms with Gasteiger partial charge < -0.3 is 15.2 Å². The molecule has 2 heterocycles. The second kappa shape index (κ2) is 6.63. The van der Waals surface area contributed by atoms with Crippen molar-refractivity contribution in [1.29, 1.82) is 0 Å². The van der Waals surface area contributed by atoms with Crippen molar-refractivity contribution in [3.8, 4) is 0 Å². The van der Waals surface area contributed by atoms with Crippen LogP contribution in [0.25, 0.3) is 10.9 Å². The van der Waals surface area contributed by atoms with Gasteiger partial charge in [0.2, 0.25) is 0 Å². The number of carbonyl (C=O) groups excluding carboxylic acids is 2. The highest BCUT2D eigenvalue weighted by Crippen LogP contribution is 2.21. The van der Waals surface area contributed by atoms with Crippen LogP contribution in [-0.2, 0) is 0 Å². The van der Waals surface area contributed by atoms with Crippen molar-refractivity contribution >= 4 is 28.4 Å². The SMILES string of the molecule is O=C(Nc1ccc(F)c(C(=O)N2CCCC2)c1)c1ccc2cc[nH]c2c1. The van der Waals surface area contributed by atoms with Gasteiger partial charge in [-0.1, -0.05) is 6.07 Å². The first kappa shape index (κ1) is 16.3. The third-order valence-electron chi connectivity index (χ3n) is 4.67. The number of aromatic nitrogens is 1. The van der Waals surface area contributed by atoms with Crippen molar-refractivity contribution in [2.45, 2.75) is 12.8 Å². The van der Waals surface area contributed by atoms with Crippen molar-refractivity contribution in [2.75, 3.05) is 18.4 Å². The fourth-order valence-electron chi connectivity index (χ4n) is 3.25. The van der Waals surface area contributed by atoms with Crippen LogP contribution in [0.4, 0.5) is 10.1 Å². The summed E-state index contributed by atoms with van der Waals surface area (Å²) in [5.74, 6) is -1.22. The Morgan fingerprint density at radius 2 is 1.85 bits per heavy atom. The number of benzene rings is 2. The molecule has 4 rings (SSSR count). The molecule has 0 saturated carbocycles. The Bertz CT molecular complexity index is 990. The van der Waals surface area contributed by atoms with Gasteiger partial charge in [-0.2, -0.15) is 0 Å². The van der Waals surface area contributed by atoms with Gasteiger partial charge in [-0.3, -0.25) is 9.59 Å². The molecule has 1 aromatic heterocycles. The molecule has 5 nitrogen and oxygen atoms in total. The maximum absolute atomic E-state index is 14.1. The number of hydrogen-bond acceptors (Lipinski definition) is 2. The monoisotopic (exact) mass is 351 g/mol. The molecule has 0 radical (unpaired) electrons. The van der Waals surface area contributed by atoms with Crippen LogP contribution in [0.15, 0.2) is 48.7 Å². The Hall–Kier alpha value is -3.15. The number of nitrogens with one attached hydrogen (secondary N) is 2. The Balaban J connectivity index is 1.56. The van der Waals surface area contributed by atoms with Gasteiger partial charge in [-0.15, -0.1) is 0 Å². The Kier molecular flexibility index (Phi) is 4.16. The van der Waals surface area contributed by atoms with Gasteiger partial charge in [0.05, 0.1) is 5.56 Å². The van der Waals surface area contributed by atoms with Crippen LogP contribution in [0.3, 0.4) is 0 Å². The van der Waals surface area contributed by atoms with E-state index in [1.807, 2.05) is 18.3 Å². The summed E-state index contributed by atoms with van der Waals surface area (Å²) in [5, 5.41) is 3.75. The first-order valence-corrected chi connectivity index (χ1v) is 8.59. The zero-order valence-electron chi connectivity index (χ0n) is 14.1. The van der Waals surface area contributed by atoms with Gasteiger partial charge in [0.1, 0.15) is 5.82 Å². The number of anilines is 1. The molecule has 3 aromatic rings. The third-order valence-corrected chi connectivity index (χ3v) is 4.67. The molecular weight excluding hydrogens is 333 g/mol. The molecule has 0 unspecified atom stereocenters. The smallest absolute Gasteiger partial charge is 0.256 e. The van der Waals surface area contributed by atoms with Crippen LogP contribution in [0.1, 0.15) is 33.6 Å². The van der Waals surface area contributed by atoms with E-state index in [4.69, 9.17) is 0 Å². The van der Waals surface area contributed by atoms with Crippen LogP contribution >= 0.6 is 0 Å².